The number of nitrogens with one attached hydrogen (secondary N) is 4. The summed E-state index contributed by atoms with van der Waals surface area (Å²) in [6.07, 6.45) is 5.49. The molecule has 16 nitrogen and oxygen atoms in total. The number of carbonyl (C=O) groups excluding carboxylic acids is 3. The molecule has 1 aliphatic heterocycles. The summed E-state index contributed by atoms with van der Waals surface area (Å²) in [5.74, 6) is -3.43. The van der Waals surface area contributed by atoms with Gasteiger partial charge in [-0.15, -0.1) is 0 Å². The van der Waals surface area contributed by atoms with Gasteiger partial charge in [0.05, 0.1) is 59.9 Å². The molecule has 4 aromatic rings. The number of nitrogens with zero attached hydrogens (tertiary/aromatic N) is 3. The molecule has 3 aromatic carbocycles. The number of hydrogen-bond acceptors (Lipinski definition) is 13. The van der Waals surface area contributed by atoms with E-state index in [1.165, 1.54) is 43.5 Å². The van der Waals surface area contributed by atoms with Crippen molar-refractivity contribution in [1.29, 1.82) is 5.26 Å². The number of halogens is 4. The third-order valence-corrected chi connectivity index (χ3v) is 14.5. The molecule has 6 rings (SSSR count). The number of carbonyl (C=O) groups is 3. The average molecular weight is 1120 g/mol. The van der Waals surface area contributed by atoms with Crippen LogP contribution in [-0.4, -0.2) is 84.4 Å². The van der Waals surface area contributed by atoms with Crippen LogP contribution in [0.25, 0.3) is 0 Å². The Morgan fingerprint density at radius 3 is 2.37 bits per heavy atom. The van der Waals surface area contributed by atoms with E-state index in [-0.39, 0.29) is 76.3 Å². The normalized spacial score (nSPS) is 19.5. The molecule has 0 bridgehead atoms. The van der Waals surface area contributed by atoms with E-state index in [9.17, 15) is 19.6 Å². The topological polar surface area (TPSA) is 238 Å². The van der Waals surface area contributed by atoms with E-state index < -0.39 is 69.3 Å². The molecule has 0 spiro atoms. The molecule has 1 fully saturated rings. The first-order chi connectivity index (χ1) is 36.8. The van der Waals surface area contributed by atoms with E-state index in [1.54, 1.807) is 6.08 Å². The quantitative estimate of drug-likeness (QED) is 0.0359. The van der Waals surface area contributed by atoms with E-state index >= 15 is 8.78 Å². The van der Waals surface area contributed by atoms with Crippen LogP contribution in [0, 0.1) is 33.9 Å². The Hall–Kier alpha value is -6.52. The number of nitrogen functional groups attached to an aromatic ring is 2. The summed E-state index contributed by atoms with van der Waals surface area (Å²) >= 11 is 12.6. The Balaban J connectivity index is 1.02. The molecule has 3 amide bonds. The van der Waals surface area contributed by atoms with Crippen molar-refractivity contribution in [3.8, 4) is 23.3 Å². The van der Waals surface area contributed by atoms with Crippen molar-refractivity contribution in [3.05, 3.63) is 117 Å². The number of allylic oxidation sites excluding steroid dienone is 4. The largest absolute Gasteiger partial charge is 0.495 e. The molecular formula is C58H73Cl2F2N9O7. The molecule has 420 valence electrons. The molecule has 1 saturated heterocycles. The maximum absolute atomic E-state index is 16.2. The fraction of sp³-hybridized carbons (Fsp3) is 0.483. The van der Waals surface area contributed by atoms with Crippen LogP contribution in [-0.2, 0) is 27.2 Å². The van der Waals surface area contributed by atoms with E-state index in [4.69, 9.17) is 53.6 Å². The summed E-state index contributed by atoms with van der Waals surface area (Å²) in [7, 11) is 1.39. The molecule has 1 aliphatic carbocycles. The van der Waals surface area contributed by atoms with Crippen molar-refractivity contribution in [1.82, 2.24) is 25.9 Å². The van der Waals surface area contributed by atoms with Crippen molar-refractivity contribution < 1.29 is 42.1 Å². The molecule has 1 aromatic heterocycles. The van der Waals surface area contributed by atoms with E-state index in [0.29, 0.717) is 62.5 Å². The lowest BCUT2D eigenvalue weighted by atomic mass is 9.58. The second-order valence-electron chi connectivity index (χ2n) is 22.2. The van der Waals surface area contributed by atoms with Crippen molar-refractivity contribution in [3.63, 3.8) is 0 Å². The second kappa shape index (κ2) is 26.0. The van der Waals surface area contributed by atoms with Gasteiger partial charge in [-0.05, 0) is 113 Å². The number of ether oxygens (including phenoxy) is 4. The number of methoxy groups -OCH3 is 1. The summed E-state index contributed by atoms with van der Waals surface area (Å²) in [6, 6.07) is 16.8. The molecule has 0 radical (unpaired) electrons. The van der Waals surface area contributed by atoms with Gasteiger partial charge in [0.1, 0.15) is 23.1 Å². The molecule has 5 atom stereocenters. The highest BCUT2D eigenvalue weighted by atomic mass is 35.5. The number of anilines is 3. The monoisotopic (exact) mass is 1120 g/mol. The molecule has 2 unspecified atom stereocenters. The smallest absolute Gasteiger partial charge is 0.251 e. The summed E-state index contributed by atoms with van der Waals surface area (Å²) < 4.78 is 56.3. The van der Waals surface area contributed by atoms with Crippen LogP contribution in [0.4, 0.5) is 26.2 Å². The van der Waals surface area contributed by atoms with Crippen molar-refractivity contribution in [2.45, 2.75) is 129 Å². The standard InChI is InChI=1S/C58H73Cl2F2N9O7/c1-10-41-50(51(64)70-54(65)68-41)77-27-14-26-76-43-18-12-11-15-34(43)20-24-46(72)71-56(5,6)25-28-78-57(7,8)33-66-52(73)35-19-23-42(44(29-35)75-9)67-53(74)49-47(37-16-13-17-39(60)48(37)62)58(32-63,45(69-49)31-55(2,3)4)38-22-21-36(59)30-40(38)61/h11-13,15-19,21,23,29-30,38,45,47,49,69H,10,14,20,22,24-28,31,33H2,1-9H3,(H,66,73)(H,67,74)(H,71,72)(H4,64,65,68,70)/t38?,45-,47-,49?,58-/m0/s1. The Kier molecular flexibility index (Phi) is 20.2. The number of aryl methyl sites for hydroxylation is 2. The van der Waals surface area contributed by atoms with E-state index in [0.717, 1.165) is 11.6 Å². The van der Waals surface area contributed by atoms with Crippen LogP contribution in [0.1, 0.15) is 121 Å². The number of nitriles is 1. The van der Waals surface area contributed by atoms with Crippen LogP contribution in [0.5, 0.6) is 17.2 Å². The number of amides is 3. The lowest BCUT2D eigenvalue weighted by Crippen LogP contribution is -2.46. The number of hydrogen-bond donors (Lipinski definition) is 6. The highest BCUT2D eigenvalue weighted by Gasteiger charge is 2.63. The average Bonchev–Trinajstić information content (AvgIpc) is 3.70. The van der Waals surface area contributed by atoms with Gasteiger partial charge in [0.25, 0.3) is 5.91 Å². The molecule has 2 heterocycles. The maximum atomic E-state index is 16.2. The number of para-hydroxylation sites is 1. The van der Waals surface area contributed by atoms with Gasteiger partial charge in [-0.25, -0.2) is 13.8 Å². The zero-order valence-electron chi connectivity index (χ0n) is 45.9. The van der Waals surface area contributed by atoms with Gasteiger partial charge in [-0.2, -0.15) is 10.2 Å². The summed E-state index contributed by atoms with van der Waals surface area (Å²) in [5.41, 5.74) is 10.1. The minimum Gasteiger partial charge on any atom is -0.495 e. The first-order valence-electron chi connectivity index (χ1n) is 26.1. The first kappa shape index (κ1) is 60.7. The third kappa shape index (κ3) is 15.2. The van der Waals surface area contributed by atoms with Crippen LogP contribution >= 0.6 is 23.2 Å². The number of nitrogens with two attached hydrogens (primary N) is 2. The van der Waals surface area contributed by atoms with Gasteiger partial charge < -0.3 is 51.7 Å². The van der Waals surface area contributed by atoms with Gasteiger partial charge in [-0.1, -0.05) is 87.3 Å². The lowest BCUT2D eigenvalue weighted by molar-refractivity contribution is -0.123. The van der Waals surface area contributed by atoms with Gasteiger partial charge >= 0.3 is 0 Å². The summed E-state index contributed by atoms with van der Waals surface area (Å²) in [6.45, 7) is 16.5. The third-order valence-electron chi connectivity index (χ3n) is 13.9. The fourth-order valence-corrected chi connectivity index (χ4v) is 10.5. The van der Waals surface area contributed by atoms with E-state index in [2.05, 4.69) is 37.3 Å². The van der Waals surface area contributed by atoms with Gasteiger partial charge in [0.15, 0.2) is 11.6 Å². The Labute approximate surface area is 466 Å². The van der Waals surface area contributed by atoms with Gasteiger partial charge in [0.2, 0.25) is 17.8 Å². The minimum absolute atomic E-state index is 0.0140. The van der Waals surface area contributed by atoms with Crippen molar-refractivity contribution in [2.75, 3.05) is 50.3 Å². The number of rotatable bonds is 24. The Morgan fingerprint density at radius 2 is 1.68 bits per heavy atom. The Bertz CT molecular complexity index is 2920. The molecular weight excluding hydrogens is 1040 g/mol. The summed E-state index contributed by atoms with van der Waals surface area (Å²) in [4.78, 5) is 49.7. The number of benzene rings is 3. The molecule has 8 N–H and O–H groups in total. The van der Waals surface area contributed by atoms with Gasteiger partial charge in [0, 0.05) is 60.0 Å². The number of aromatic nitrogens is 2. The minimum atomic E-state index is -1.69. The second-order valence-corrected chi connectivity index (χ2v) is 23.0. The maximum Gasteiger partial charge on any atom is 0.251 e. The van der Waals surface area contributed by atoms with Crippen molar-refractivity contribution in [2.24, 2.45) is 16.7 Å². The predicted molar refractivity (Wildman–Crippen MR) is 300 cm³/mol. The summed E-state index contributed by atoms with van der Waals surface area (Å²) in [5, 5.41) is 23.5. The van der Waals surface area contributed by atoms with Gasteiger partial charge in [-0.3, -0.25) is 14.4 Å². The molecule has 0 saturated carbocycles. The van der Waals surface area contributed by atoms with Crippen LogP contribution in [0.15, 0.2) is 83.7 Å². The van der Waals surface area contributed by atoms with E-state index in [1.807, 2.05) is 79.7 Å². The first-order valence-corrected chi connectivity index (χ1v) is 26.9. The molecule has 2 aliphatic rings. The zero-order valence-corrected chi connectivity index (χ0v) is 47.4. The Morgan fingerprint density at radius 1 is 0.949 bits per heavy atom. The van der Waals surface area contributed by atoms with Crippen LogP contribution in [0.3, 0.4) is 0 Å². The molecule has 20 heteroatoms. The van der Waals surface area contributed by atoms with Crippen molar-refractivity contribution >= 4 is 58.4 Å². The van der Waals surface area contributed by atoms with Crippen LogP contribution < -0.4 is 46.9 Å². The highest BCUT2D eigenvalue weighted by Crippen LogP contribution is 2.58. The molecule has 78 heavy (non-hydrogen) atoms. The highest BCUT2D eigenvalue weighted by molar-refractivity contribution is 6.31. The zero-order chi connectivity index (χ0) is 57.2. The fourth-order valence-electron chi connectivity index (χ4n) is 10.1. The predicted octanol–water partition coefficient (Wildman–Crippen LogP) is 10.3. The van der Waals surface area contributed by atoms with Crippen LogP contribution in [0.2, 0.25) is 5.02 Å². The lowest BCUT2D eigenvalue weighted by Gasteiger charge is -2.42. The SMILES string of the molecule is CCc1nc(N)nc(N)c1OCCCOc1ccccc1CCC(=O)NC(C)(C)CCOC(C)(C)CNC(=O)c1ccc(NC(=O)C2N[C@@H](CC(C)(C)C)[C@](C#N)(C3CC=C(Cl)C=C3F)[C@H]2c2cccc(Cl)c2F)c(OC)c1.